The number of nitriles is 1. The van der Waals surface area contributed by atoms with E-state index in [0.717, 1.165) is 18.4 Å². The van der Waals surface area contributed by atoms with E-state index in [0.29, 0.717) is 6.42 Å². The summed E-state index contributed by atoms with van der Waals surface area (Å²) < 4.78 is 0. The molecule has 1 aliphatic carbocycles. The lowest BCUT2D eigenvalue weighted by molar-refractivity contribution is 0.991. The Bertz CT molecular complexity index is 1260. The summed E-state index contributed by atoms with van der Waals surface area (Å²) in [7, 11) is 0. The van der Waals surface area contributed by atoms with E-state index in [1.54, 1.807) is 0 Å². The van der Waals surface area contributed by atoms with Crippen LogP contribution in [0, 0.1) is 11.3 Å². The van der Waals surface area contributed by atoms with E-state index in [9.17, 15) is 0 Å². The molecule has 0 saturated carbocycles. The fourth-order valence-corrected chi connectivity index (χ4v) is 4.51. The Kier molecular flexibility index (Phi) is 4.47. The molecular formula is C28H21N. The number of hydrogen-bond donors (Lipinski definition) is 0. The molecule has 0 aromatic heterocycles. The summed E-state index contributed by atoms with van der Waals surface area (Å²) in [5, 5.41) is 11.6. The molecular weight excluding hydrogens is 350 g/mol. The average Bonchev–Trinajstić information content (AvgIpc) is 2.79. The molecule has 0 saturated heterocycles. The third kappa shape index (κ3) is 3.04. The summed E-state index contributed by atoms with van der Waals surface area (Å²) in [6.07, 6.45) is 7.17. The largest absolute Gasteiger partial charge is 0.198 e. The summed E-state index contributed by atoms with van der Waals surface area (Å²) in [4.78, 5) is 0. The van der Waals surface area contributed by atoms with Crippen LogP contribution >= 0.6 is 0 Å². The van der Waals surface area contributed by atoms with Gasteiger partial charge in [-0.2, -0.15) is 5.26 Å². The highest BCUT2D eigenvalue weighted by molar-refractivity contribution is 6.10. The van der Waals surface area contributed by atoms with Gasteiger partial charge in [-0.15, -0.1) is 0 Å². The molecule has 0 aliphatic heterocycles. The van der Waals surface area contributed by atoms with Crippen molar-refractivity contribution in [3.8, 4) is 28.3 Å². The molecule has 4 aromatic rings. The second kappa shape index (κ2) is 7.41. The molecule has 0 fully saturated rings. The number of allylic oxidation sites excluding steroid dienone is 1. The number of rotatable bonds is 3. The molecule has 29 heavy (non-hydrogen) atoms. The zero-order valence-corrected chi connectivity index (χ0v) is 16.2. The van der Waals surface area contributed by atoms with Crippen LogP contribution in [0.4, 0.5) is 0 Å². The van der Waals surface area contributed by atoms with E-state index in [1.807, 2.05) is 0 Å². The van der Waals surface area contributed by atoms with Gasteiger partial charge in [-0.1, -0.05) is 91.0 Å². The molecule has 0 atom stereocenters. The van der Waals surface area contributed by atoms with Gasteiger partial charge in [0.05, 0.1) is 12.5 Å². The van der Waals surface area contributed by atoms with Gasteiger partial charge < -0.3 is 0 Å². The minimum absolute atomic E-state index is 0.450. The van der Waals surface area contributed by atoms with Crippen molar-refractivity contribution in [1.29, 1.82) is 5.26 Å². The van der Waals surface area contributed by atoms with Crippen molar-refractivity contribution < 1.29 is 0 Å². The number of hydrogen-bond acceptors (Lipinski definition) is 1. The molecule has 0 radical (unpaired) electrons. The predicted octanol–water partition coefficient (Wildman–Crippen LogP) is 7.20. The van der Waals surface area contributed by atoms with Gasteiger partial charge in [0.15, 0.2) is 0 Å². The second-order valence-corrected chi connectivity index (χ2v) is 7.53. The van der Waals surface area contributed by atoms with Gasteiger partial charge in [0.1, 0.15) is 0 Å². The van der Waals surface area contributed by atoms with E-state index >= 15 is 0 Å². The fourth-order valence-electron chi connectivity index (χ4n) is 4.51. The Hall–Kier alpha value is -3.63. The van der Waals surface area contributed by atoms with Crippen LogP contribution in [-0.4, -0.2) is 0 Å². The van der Waals surface area contributed by atoms with Crippen LogP contribution in [0.5, 0.6) is 0 Å². The quantitative estimate of drug-likeness (QED) is 0.373. The first-order valence-corrected chi connectivity index (χ1v) is 10.1. The first-order valence-electron chi connectivity index (χ1n) is 10.1. The molecule has 5 rings (SSSR count). The third-order valence-corrected chi connectivity index (χ3v) is 5.80. The van der Waals surface area contributed by atoms with E-state index in [2.05, 4.69) is 97.1 Å². The van der Waals surface area contributed by atoms with Gasteiger partial charge in [0, 0.05) is 0 Å². The van der Waals surface area contributed by atoms with Gasteiger partial charge in [-0.05, 0) is 62.6 Å². The highest BCUT2D eigenvalue weighted by atomic mass is 14.2. The first-order chi connectivity index (χ1) is 14.4. The minimum atomic E-state index is 0.450. The highest BCUT2D eigenvalue weighted by Crippen LogP contribution is 2.44. The normalized spacial score (nSPS) is 12.5. The van der Waals surface area contributed by atoms with Crippen LogP contribution in [-0.2, 0) is 12.8 Å². The molecule has 1 aliphatic rings. The standard InChI is InChI=1S/C28H21N/c29-19-18-20-14-16-22(17-15-20)28-25-12-6-4-10-23(25)27(21-8-2-1-3-9-21)24-11-5-7-13-26(24)28/h1-4,6-10,12-17H,5,11,18H2. The van der Waals surface area contributed by atoms with Crippen molar-refractivity contribution in [3.63, 3.8) is 0 Å². The topological polar surface area (TPSA) is 23.8 Å². The fraction of sp³-hybridized carbons (Fsp3) is 0.107. The summed E-state index contributed by atoms with van der Waals surface area (Å²) in [6, 6.07) is 30.3. The van der Waals surface area contributed by atoms with Crippen LogP contribution in [0.1, 0.15) is 23.1 Å². The van der Waals surface area contributed by atoms with Crippen LogP contribution in [0.3, 0.4) is 0 Å². The van der Waals surface area contributed by atoms with Gasteiger partial charge >= 0.3 is 0 Å². The third-order valence-electron chi connectivity index (χ3n) is 5.80. The summed E-state index contributed by atoms with van der Waals surface area (Å²) >= 11 is 0. The van der Waals surface area contributed by atoms with E-state index in [-0.39, 0.29) is 0 Å². The maximum Gasteiger partial charge on any atom is 0.0669 e. The first kappa shape index (κ1) is 17.5. The average molecular weight is 371 g/mol. The SMILES string of the molecule is N#CCc1ccc(-c2c3c(c(-c4ccccc4)c4ccccc24)CCC=C3)cc1. The zero-order chi connectivity index (χ0) is 19.6. The number of benzene rings is 4. The number of fused-ring (bicyclic) bond motifs is 2. The van der Waals surface area contributed by atoms with Gasteiger partial charge in [-0.25, -0.2) is 0 Å². The molecule has 1 heteroatoms. The molecule has 0 heterocycles. The lowest BCUT2D eigenvalue weighted by Gasteiger charge is -2.23. The van der Waals surface area contributed by atoms with Crippen LogP contribution in [0.2, 0.25) is 0 Å². The monoisotopic (exact) mass is 371 g/mol. The lowest BCUT2D eigenvalue weighted by Crippen LogP contribution is -2.02. The minimum Gasteiger partial charge on any atom is -0.198 e. The van der Waals surface area contributed by atoms with Crippen molar-refractivity contribution in [2.24, 2.45) is 0 Å². The summed E-state index contributed by atoms with van der Waals surface area (Å²) in [6.45, 7) is 0. The van der Waals surface area contributed by atoms with Gasteiger partial charge in [0.2, 0.25) is 0 Å². The Morgan fingerprint density at radius 2 is 1.38 bits per heavy atom. The van der Waals surface area contributed by atoms with E-state index < -0.39 is 0 Å². The Morgan fingerprint density at radius 3 is 2.10 bits per heavy atom. The van der Waals surface area contributed by atoms with Crippen LogP contribution in [0.15, 0.2) is 84.9 Å². The molecule has 4 aromatic carbocycles. The Labute approximate surface area is 171 Å². The maximum absolute atomic E-state index is 8.99. The van der Waals surface area contributed by atoms with Gasteiger partial charge in [-0.3, -0.25) is 0 Å². The molecule has 0 bridgehead atoms. The highest BCUT2D eigenvalue weighted by Gasteiger charge is 2.21. The smallest absolute Gasteiger partial charge is 0.0669 e. The van der Waals surface area contributed by atoms with Crippen LogP contribution in [0.25, 0.3) is 39.1 Å². The molecule has 0 spiro atoms. The molecule has 138 valence electrons. The molecule has 0 N–H and O–H groups in total. The second-order valence-electron chi connectivity index (χ2n) is 7.53. The van der Waals surface area contributed by atoms with Crippen molar-refractivity contribution in [3.05, 3.63) is 102 Å². The van der Waals surface area contributed by atoms with Crippen molar-refractivity contribution in [1.82, 2.24) is 0 Å². The molecule has 0 amide bonds. The molecule has 1 nitrogen and oxygen atoms in total. The zero-order valence-electron chi connectivity index (χ0n) is 16.2. The Morgan fingerprint density at radius 1 is 0.724 bits per heavy atom. The molecule has 0 unspecified atom stereocenters. The van der Waals surface area contributed by atoms with Crippen molar-refractivity contribution in [2.45, 2.75) is 19.3 Å². The summed E-state index contributed by atoms with van der Waals surface area (Å²) in [5.41, 5.74) is 9.00. The van der Waals surface area contributed by atoms with Gasteiger partial charge in [0.25, 0.3) is 0 Å². The van der Waals surface area contributed by atoms with E-state index in [1.165, 1.54) is 44.2 Å². The predicted molar refractivity (Wildman–Crippen MR) is 121 cm³/mol. The van der Waals surface area contributed by atoms with Crippen LogP contribution < -0.4 is 0 Å². The lowest BCUT2D eigenvalue weighted by atomic mass is 9.80. The summed E-state index contributed by atoms with van der Waals surface area (Å²) in [5.74, 6) is 0. The maximum atomic E-state index is 8.99. The van der Waals surface area contributed by atoms with Crippen molar-refractivity contribution >= 4 is 16.8 Å². The number of nitrogens with zero attached hydrogens (tertiary/aromatic N) is 1. The van der Waals surface area contributed by atoms with Crippen molar-refractivity contribution in [2.75, 3.05) is 0 Å². The van der Waals surface area contributed by atoms with E-state index in [4.69, 9.17) is 5.26 Å². The Balaban J connectivity index is 1.85.